The summed E-state index contributed by atoms with van der Waals surface area (Å²) in [6, 6.07) is 7.85. The Bertz CT molecular complexity index is 476. The first-order valence-corrected chi connectivity index (χ1v) is 5.86. The molecule has 2 aromatic rings. The number of rotatable bonds is 3. The average molecular weight is 282 g/mol. The van der Waals surface area contributed by atoms with Gasteiger partial charge < -0.3 is 9.26 Å². The predicted molar refractivity (Wildman–Crippen MR) is 65.5 cm³/mol. The van der Waals surface area contributed by atoms with Crippen molar-refractivity contribution in [2.24, 2.45) is 0 Å². The van der Waals surface area contributed by atoms with Crippen molar-refractivity contribution in [3.63, 3.8) is 0 Å². The summed E-state index contributed by atoms with van der Waals surface area (Å²) in [5.74, 6) is 1.41. The third-order valence-electron chi connectivity index (χ3n) is 2.20. The molecule has 0 atom stereocenters. The van der Waals surface area contributed by atoms with Gasteiger partial charge in [0.1, 0.15) is 5.69 Å². The fourth-order valence-corrected chi connectivity index (χ4v) is 1.73. The molecule has 0 bridgehead atoms. The molecule has 0 aliphatic carbocycles. The molecule has 2 rings (SSSR count). The molecule has 0 spiro atoms. The first-order chi connectivity index (χ1) is 7.72. The fraction of sp³-hybridized carbons (Fsp3) is 0.250. The second-order valence-electron chi connectivity index (χ2n) is 3.37. The van der Waals surface area contributed by atoms with E-state index in [9.17, 15) is 0 Å². The van der Waals surface area contributed by atoms with Gasteiger partial charge in [-0.3, -0.25) is 0 Å². The Balaban J connectivity index is 2.43. The Morgan fingerprint density at radius 1 is 1.31 bits per heavy atom. The molecule has 0 N–H and O–H groups in total. The third kappa shape index (κ3) is 2.11. The smallest absolute Gasteiger partial charge is 0.208 e. The SMILES string of the molecule is CCOc1c(C)noc1-c1ccc(Br)cc1. The fourth-order valence-electron chi connectivity index (χ4n) is 1.46. The Kier molecular flexibility index (Phi) is 3.29. The maximum absolute atomic E-state index is 5.52. The molecular weight excluding hydrogens is 270 g/mol. The number of ether oxygens (including phenoxy) is 1. The van der Waals surface area contributed by atoms with E-state index in [0.717, 1.165) is 21.5 Å². The van der Waals surface area contributed by atoms with Crippen LogP contribution in [0.4, 0.5) is 0 Å². The molecule has 1 aromatic carbocycles. The quantitative estimate of drug-likeness (QED) is 0.858. The largest absolute Gasteiger partial charge is 0.488 e. The standard InChI is InChI=1S/C12H12BrNO2/c1-3-15-11-8(2)14-16-12(11)9-4-6-10(13)7-5-9/h4-7H,3H2,1-2H3. The maximum Gasteiger partial charge on any atom is 0.208 e. The minimum absolute atomic E-state index is 0.603. The molecule has 0 unspecified atom stereocenters. The van der Waals surface area contributed by atoms with Crippen LogP contribution in [0.3, 0.4) is 0 Å². The molecule has 84 valence electrons. The number of aryl methyl sites for hydroxylation is 1. The molecular formula is C12H12BrNO2. The van der Waals surface area contributed by atoms with E-state index >= 15 is 0 Å². The van der Waals surface area contributed by atoms with E-state index in [1.165, 1.54) is 0 Å². The second-order valence-corrected chi connectivity index (χ2v) is 4.28. The second kappa shape index (κ2) is 4.70. The zero-order chi connectivity index (χ0) is 11.5. The number of hydrogen-bond donors (Lipinski definition) is 0. The van der Waals surface area contributed by atoms with Crippen LogP contribution < -0.4 is 4.74 Å². The van der Waals surface area contributed by atoms with Crippen LogP contribution in [0.15, 0.2) is 33.3 Å². The highest BCUT2D eigenvalue weighted by Crippen LogP contribution is 2.33. The molecule has 0 saturated carbocycles. The topological polar surface area (TPSA) is 35.3 Å². The minimum atomic E-state index is 0.603. The molecule has 0 fully saturated rings. The van der Waals surface area contributed by atoms with Gasteiger partial charge in [0.25, 0.3) is 0 Å². The highest BCUT2D eigenvalue weighted by Gasteiger charge is 2.15. The van der Waals surface area contributed by atoms with Crippen LogP contribution >= 0.6 is 15.9 Å². The van der Waals surface area contributed by atoms with Crippen LogP contribution in [0.1, 0.15) is 12.6 Å². The summed E-state index contributed by atoms with van der Waals surface area (Å²) < 4.78 is 11.8. The summed E-state index contributed by atoms with van der Waals surface area (Å²) in [6.07, 6.45) is 0. The Labute approximate surface area is 103 Å². The Hall–Kier alpha value is -1.29. The van der Waals surface area contributed by atoms with Crippen LogP contribution in [-0.2, 0) is 0 Å². The lowest BCUT2D eigenvalue weighted by atomic mass is 10.1. The van der Waals surface area contributed by atoms with Crippen molar-refractivity contribution in [2.75, 3.05) is 6.61 Å². The molecule has 0 amide bonds. The number of halogens is 1. The van der Waals surface area contributed by atoms with Crippen LogP contribution in [0.2, 0.25) is 0 Å². The lowest BCUT2D eigenvalue weighted by molar-refractivity contribution is 0.336. The normalized spacial score (nSPS) is 10.4. The van der Waals surface area contributed by atoms with E-state index in [2.05, 4.69) is 21.1 Å². The van der Waals surface area contributed by atoms with E-state index in [-0.39, 0.29) is 0 Å². The van der Waals surface area contributed by atoms with Crippen LogP contribution in [0, 0.1) is 6.92 Å². The van der Waals surface area contributed by atoms with E-state index in [0.29, 0.717) is 12.4 Å². The number of nitrogens with zero attached hydrogens (tertiary/aromatic N) is 1. The van der Waals surface area contributed by atoms with Crippen molar-refractivity contribution >= 4 is 15.9 Å². The third-order valence-corrected chi connectivity index (χ3v) is 2.73. The van der Waals surface area contributed by atoms with Gasteiger partial charge in [-0.05, 0) is 38.1 Å². The van der Waals surface area contributed by atoms with Crippen LogP contribution in [-0.4, -0.2) is 11.8 Å². The lowest BCUT2D eigenvalue weighted by Gasteiger charge is -2.03. The zero-order valence-corrected chi connectivity index (χ0v) is 10.7. The molecule has 1 aromatic heterocycles. The van der Waals surface area contributed by atoms with Crippen molar-refractivity contribution in [1.82, 2.24) is 5.16 Å². The van der Waals surface area contributed by atoms with Gasteiger partial charge in [0.2, 0.25) is 5.76 Å². The first-order valence-electron chi connectivity index (χ1n) is 5.07. The summed E-state index contributed by atoms with van der Waals surface area (Å²) in [7, 11) is 0. The van der Waals surface area contributed by atoms with E-state index in [1.807, 2.05) is 38.1 Å². The molecule has 4 heteroatoms. The van der Waals surface area contributed by atoms with Gasteiger partial charge in [0, 0.05) is 10.0 Å². The van der Waals surface area contributed by atoms with E-state index < -0.39 is 0 Å². The molecule has 0 saturated heterocycles. The first kappa shape index (κ1) is 11.2. The maximum atomic E-state index is 5.52. The van der Waals surface area contributed by atoms with E-state index in [1.54, 1.807) is 0 Å². The van der Waals surface area contributed by atoms with Crippen molar-refractivity contribution in [3.8, 4) is 17.1 Å². The van der Waals surface area contributed by atoms with Crippen molar-refractivity contribution in [2.45, 2.75) is 13.8 Å². The van der Waals surface area contributed by atoms with Gasteiger partial charge in [0.05, 0.1) is 6.61 Å². The van der Waals surface area contributed by atoms with E-state index in [4.69, 9.17) is 9.26 Å². The van der Waals surface area contributed by atoms with Gasteiger partial charge in [-0.2, -0.15) is 0 Å². The molecule has 0 radical (unpaired) electrons. The predicted octanol–water partition coefficient (Wildman–Crippen LogP) is 3.81. The minimum Gasteiger partial charge on any atom is -0.488 e. The number of benzene rings is 1. The molecule has 1 heterocycles. The van der Waals surface area contributed by atoms with Gasteiger partial charge in [0.15, 0.2) is 5.75 Å². The van der Waals surface area contributed by atoms with Gasteiger partial charge in [-0.1, -0.05) is 21.1 Å². The van der Waals surface area contributed by atoms with Gasteiger partial charge >= 0.3 is 0 Å². The summed E-state index contributed by atoms with van der Waals surface area (Å²) in [6.45, 7) is 4.42. The highest BCUT2D eigenvalue weighted by molar-refractivity contribution is 9.10. The van der Waals surface area contributed by atoms with Gasteiger partial charge in [-0.25, -0.2) is 0 Å². The number of hydrogen-bond acceptors (Lipinski definition) is 3. The lowest BCUT2D eigenvalue weighted by Crippen LogP contribution is -1.93. The molecule has 0 aliphatic rings. The average Bonchev–Trinajstić information content (AvgIpc) is 2.63. The highest BCUT2D eigenvalue weighted by atomic mass is 79.9. The summed E-state index contributed by atoms with van der Waals surface area (Å²) in [5, 5.41) is 3.92. The molecule has 0 aliphatic heterocycles. The Morgan fingerprint density at radius 3 is 2.62 bits per heavy atom. The summed E-state index contributed by atoms with van der Waals surface area (Å²) >= 11 is 3.39. The van der Waals surface area contributed by atoms with Crippen molar-refractivity contribution in [3.05, 3.63) is 34.4 Å². The zero-order valence-electron chi connectivity index (χ0n) is 9.16. The summed E-state index contributed by atoms with van der Waals surface area (Å²) in [5.41, 5.74) is 1.74. The number of aromatic nitrogens is 1. The van der Waals surface area contributed by atoms with Crippen LogP contribution in [0.25, 0.3) is 11.3 Å². The van der Waals surface area contributed by atoms with Crippen LogP contribution in [0.5, 0.6) is 5.75 Å². The Morgan fingerprint density at radius 2 is 2.00 bits per heavy atom. The van der Waals surface area contributed by atoms with Crippen molar-refractivity contribution < 1.29 is 9.26 Å². The monoisotopic (exact) mass is 281 g/mol. The van der Waals surface area contributed by atoms with Gasteiger partial charge in [-0.15, -0.1) is 0 Å². The molecule has 16 heavy (non-hydrogen) atoms. The summed E-state index contributed by atoms with van der Waals surface area (Å²) in [4.78, 5) is 0. The van der Waals surface area contributed by atoms with Crippen molar-refractivity contribution in [1.29, 1.82) is 0 Å². The molecule has 3 nitrogen and oxygen atoms in total.